The Balaban J connectivity index is 1.94. The van der Waals surface area contributed by atoms with Crippen LogP contribution >= 0.6 is 0 Å². The molecule has 2 rings (SSSR count). The van der Waals surface area contributed by atoms with Gasteiger partial charge < -0.3 is 19.5 Å². The van der Waals surface area contributed by atoms with Gasteiger partial charge in [0.05, 0.1) is 7.11 Å². The van der Waals surface area contributed by atoms with E-state index in [-0.39, 0.29) is 29.4 Å². The molecule has 152 valence electrons. The van der Waals surface area contributed by atoms with Crippen LogP contribution in [0.3, 0.4) is 0 Å². The van der Waals surface area contributed by atoms with Crippen molar-refractivity contribution >= 4 is 5.91 Å². The van der Waals surface area contributed by atoms with Gasteiger partial charge in [-0.2, -0.15) is 22.0 Å². The lowest BCUT2D eigenvalue weighted by molar-refractivity contribution is -0.153. The van der Waals surface area contributed by atoms with Crippen LogP contribution in [-0.2, 0) is 6.54 Å². The van der Waals surface area contributed by atoms with E-state index in [1.54, 1.807) is 0 Å². The van der Waals surface area contributed by atoms with E-state index in [0.717, 1.165) is 0 Å². The van der Waals surface area contributed by atoms with Gasteiger partial charge in [-0.1, -0.05) is 6.07 Å². The van der Waals surface area contributed by atoms with Gasteiger partial charge in [0.1, 0.15) is 5.75 Å². The summed E-state index contributed by atoms with van der Waals surface area (Å²) in [5, 5.41) is 2.60. The van der Waals surface area contributed by atoms with Gasteiger partial charge in [-0.15, -0.1) is 0 Å². The third-order valence-corrected chi connectivity index (χ3v) is 3.42. The van der Waals surface area contributed by atoms with Crippen molar-refractivity contribution in [3.05, 3.63) is 53.6 Å². The van der Waals surface area contributed by atoms with Crippen molar-refractivity contribution in [2.45, 2.75) is 19.3 Å². The first-order valence-electron chi connectivity index (χ1n) is 7.87. The zero-order valence-corrected chi connectivity index (χ0v) is 14.6. The predicted molar refractivity (Wildman–Crippen MR) is 88.8 cm³/mol. The molecule has 0 aliphatic rings. The van der Waals surface area contributed by atoms with E-state index in [9.17, 15) is 26.7 Å². The van der Waals surface area contributed by atoms with E-state index in [1.165, 1.54) is 49.6 Å². The van der Waals surface area contributed by atoms with Crippen molar-refractivity contribution in [2.75, 3.05) is 13.7 Å². The Morgan fingerprint density at radius 3 is 2.32 bits per heavy atom. The highest BCUT2D eigenvalue weighted by Gasteiger charge is 2.28. The molecular formula is C18H16F5NO4. The molecule has 0 atom stereocenters. The summed E-state index contributed by atoms with van der Waals surface area (Å²) in [5.74, 6) is -0.553. The molecule has 2 aromatic carbocycles. The van der Waals surface area contributed by atoms with E-state index in [0.29, 0.717) is 5.56 Å². The molecule has 1 amide bonds. The molecule has 0 aliphatic carbocycles. The summed E-state index contributed by atoms with van der Waals surface area (Å²) in [5.41, 5.74) is 0.779. The van der Waals surface area contributed by atoms with Gasteiger partial charge in [-0.25, -0.2) is 0 Å². The minimum atomic E-state index is -4.45. The first-order valence-corrected chi connectivity index (χ1v) is 7.87. The summed E-state index contributed by atoms with van der Waals surface area (Å²) < 4.78 is 74.8. The number of benzene rings is 2. The van der Waals surface area contributed by atoms with E-state index in [2.05, 4.69) is 14.8 Å². The van der Waals surface area contributed by atoms with E-state index >= 15 is 0 Å². The third-order valence-electron chi connectivity index (χ3n) is 3.42. The maximum atomic E-state index is 12.3. The molecule has 0 unspecified atom stereocenters. The second kappa shape index (κ2) is 9.25. The van der Waals surface area contributed by atoms with Gasteiger partial charge in [0.15, 0.2) is 18.1 Å². The monoisotopic (exact) mass is 405 g/mol. The van der Waals surface area contributed by atoms with E-state index in [1.807, 2.05) is 0 Å². The van der Waals surface area contributed by atoms with E-state index in [4.69, 9.17) is 4.74 Å². The lowest BCUT2D eigenvalue weighted by Gasteiger charge is -2.12. The average molecular weight is 405 g/mol. The topological polar surface area (TPSA) is 56.8 Å². The van der Waals surface area contributed by atoms with Crippen molar-refractivity contribution < 1.29 is 41.0 Å². The number of alkyl halides is 5. The summed E-state index contributed by atoms with van der Waals surface area (Å²) in [6, 6.07) is 9.35. The molecule has 5 nitrogen and oxygen atoms in total. The SMILES string of the molecule is COc1cc(CNC(=O)c2ccc(OCC(F)(F)F)cc2)ccc1OC(F)F. The Kier molecular flexibility index (Phi) is 7.02. The molecule has 0 spiro atoms. The minimum absolute atomic E-state index is 0.0202. The Morgan fingerprint density at radius 2 is 1.75 bits per heavy atom. The molecule has 10 heteroatoms. The molecule has 0 bridgehead atoms. The van der Waals surface area contributed by atoms with E-state index < -0.39 is 25.3 Å². The average Bonchev–Trinajstić information content (AvgIpc) is 2.64. The molecule has 2 aromatic rings. The van der Waals surface area contributed by atoms with Crippen LogP contribution in [-0.4, -0.2) is 32.4 Å². The highest BCUT2D eigenvalue weighted by molar-refractivity contribution is 5.94. The standard InChI is InChI=1S/C18H16F5NO4/c1-26-15-8-11(2-7-14(15)28-17(19)20)9-24-16(25)12-3-5-13(6-4-12)27-10-18(21,22)23/h2-8,17H,9-10H2,1H3,(H,24,25). The quantitative estimate of drug-likeness (QED) is 0.670. The second-order valence-corrected chi connectivity index (χ2v) is 5.47. The van der Waals surface area contributed by atoms with Gasteiger partial charge in [-0.05, 0) is 42.0 Å². The predicted octanol–water partition coefficient (Wildman–Crippen LogP) is 4.17. The van der Waals surface area contributed by atoms with Crippen molar-refractivity contribution in [1.29, 1.82) is 0 Å². The van der Waals surface area contributed by atoms with Crippen LogP contribution in [0.25, 0.3) is 0 Å². The lowest BCUT2D eigenvalue weighted by Crippen LogP contribution is -2.23. The molecule has 1 N–H and O–H groups in total. The zero-order valence-electron chi connectivity index (χ0n) is 14.6. The number of amides is 1. The normalized spacial score (nSPS) is 11.2. The maximum absolute atomic E-state index is 12.3. The van der Waals surface area contributed by atoms with Crippen LogP contribution in [0.5, 0.6) is 17.2 Å². The molecular weight excluding hydrogens is 389 g/mol. The molecule has 0 fully saturated rings. The fourth-order valence-electron chi connectivity index (χ4n) is 2.17. The second-order valence-electron chi connectivity index (χ2n) is 5.47. The smallest absolute Gasteiger partial charge is 0.422 e. The molecule has 0 saturated heterocycles. The van der Waals surface area contributed by atoms with Gasteiger partial charge in [0.2, 0.25) is 0 Å². The summed E-state index contributed by atoms with van der Waals surface area (Å²) >= 11 is 0. The van der Waals surface area contributed by atoms with Gasteiger partial charge in [-0.3, -0.25) is 4.79 Å². The zero-order chi connectivity index (χ0) is 20.7. The Labute approximate surface area is 157 Å². The molecule has 0 radical (unpaired) electrons. The van der Waals surface area contributed by atoms with Crippen molar-refractivity contribution in [3.8, 4) is 17.2 Å². The summed E-state index contributed by atoms with van der Waals surface area (Å²) in [4.78, 5) is 12.1. The van der Waals surface area contributed by atoms with Crippen LogP contribution in [0.4, 0.5) is 22.0 Å². The highest BCUT2D eigenvalue weighted by atomic mass is 19.4. The van der Waals surface area contributed by atoms with Gasteiger partial charge in [0, 0.05) is 12.1 Å². The van der Waals surface area contributed by atoms with Crippen LogP contribution in [0.2, 0.25) is 0 Å². The number of halogens is 5. The van der Waals surface area contributed by atoms with Gasteiger partial charge in [0.25, 0.3) is 5.91 Å². The summed E-state index contributed by atoms with van der Waals surface area (Å²) in [7, 11) is 1.29. The number of ether oxygens (including phenoxy) is 3. The first kappa shape index (κ1) is 21.3. The number of carbonyl (C=O) groups excluding carboxylic acids is 1. The molecule has 0 heterocycles. The largest absolute Gasteiger partial charge is 0.493 e. The van der Waals surface area contributed by atoms with Crippen LogP contribution in [0.1, 0.15) is 15.9 Å². The molecule has 0 saturated carbocycles. The van der Waals surface area contributed by atoms with Crippen LogP contribution in [0.15, 0.2) is 42.5 Å². The molecule has 0 aromatic heterocycles. The Hall–Kier alpha value is -3.04. The van der Waals surface area contributed by atoms with Crippen molar-refractivity contribution in [3.63, 3.8) is 0 Å². The third kappa shape index (κ3) is 6.60. The highest BCUT2D eigenvalue weighted by Crippen LogP contribution is 2.29. The number of rotatable bonds is 8. The number of hydrogen-bond acceptors (Lipinski definition) is 4. The number of methoxy groups -OCH3 is 1. The van der Waals surface area contributed by atoms with Crippen molar-refractivity contribution in [2.24, 2.45) is 0 Å². The Bertz CT molecular complexity index is 794. The summed E-state index contributed by atoms with van der Waals surface area (Å²) in [6.07, 6.45) is -4.45. The first-order chi connectivity index (χ1) is 13.2. The number of carbonyl (C=O) groups is 1. The minimum Gasteiger partial charge on any atom is -0.493 e. The number of hydrogen-bond donors (Lipinski definition) is 1. The van der Waals surface area contributed by atoms with Gasteiger partial charge >= 0.3 is 12.8 Å². The molecule has 28 heavy (non-hydrogen) atoms. The number of nitrogens with one attached hydrogen (secondary N) is 1. The fraction of sp³-hybridized carbons (Fsp3) is 0.278. The molecule has 0 aliphatic heterocycles. The maximum Gasteiger partial charge on any atom is 0.422 e. The Morgan fingerprint density at radius 1 is 1.07 bits per heavy atom. The lowest BCUT2D eigenvalue weighted by atomic mass is 10.1. The van der Waals surface area contributed by atoms with Crippen molar-refractivity contribution in [1.82, 2.24) is 5.32 Å². The summed E-state index contributed by atoms with van der Waals surface area (Å²) in [6.45, 7) is -4.36. The van der Waals surface area contributed by atoms with Crippen LogP contribution < -0.4 is 19.5 Å². The fourth-order valence-corrected chi connectivity index (χ4v) is 2.17. The van der Waals surface area contributed by atoms with Crippen LogP contribution in [0, 0.1) is 0 Å².